The van der Waals surface area contributed by atoms with E-state index in [1.807, 2.05) is 12.4 Å². The third kappa shape index (κ3) is 2.41. The summed E-state index contributed by atoms with van der Waals surface area (Å²) >= 11 is 0. The second kappa shape index (κ2) is 4.96. The largest absolute Gasteiger partial charge is 0.327 e. The summed E-state index contributed by atoms with van der Waals surface area (Å²) in [5.41, 5.74) is 7.69. The smallest absolute Gasteiger partial charge is 0.0271 e. The summed E-state index contributed by atoms with van der Waals surface area (Å²) < 4.78 is 0. The number of aromatic nitrogens is 1. The number of nitrogens with zero attached hydrogens (tertiary/aromatic N) is 3. The van der Waals surface area contributed by atoms with Crippen molar-refractivity contribution in [1.29, 1.82) is 0 Å². The molecule has 2 unspecified atom stereocenters. The highest BCUT2D eigenvalue weighted by molar-refractivity contribution is 5.10. The van der Waals surface area contributed by atoms with E-state index in [4.69, 9.17) is 5.73 Å². The summed E-state index contributed by atoms with van der Waals surface area (Å²) in [7, 11) is 2.21. The maximum absolute atomic E-state index is 6.34. The molecule has 4 heteroatoms. The second-order valence-electron chi connectivity index (χ2n) is 5.87. The van der Waals surface area contributed by atoms with Crippen molar-refractivity contribution in [1.82, 2.24) is 14.8 Å². The van der Waals surface area contributed by atoms with Gasteiger partial charge in [0, 0.05) is 51.2 Å². The molecule has 0 spiro atoms. The number of nitrogens with two attached hydrogens (primary N) is 1. The molecule has 0 amide bonds. The molecule has 0 aromatic carbocycles. The number of hydrogen-bond acceptors (Lipinski definition) is 4. The van der Waals surface area contributed by atoms with Crippen LogP contribution in [0.2, 0.25) is 0 Å². The topological polar surface area (TPSA) is 45.4 Å². The molecule has 18 heavy (non-hydrogen) atoms. The lowest BCUT2D eigenvalue weighted by Crippen LogP contribution is -2.62. The summed E-state index contributed by atoms with van der Waals surface area (Å²) in [6.07, 6.45) is 3.75. The van der Waals surface area contributed by atoms with Crippen LogP contribution in [0.1, 0.15) is 5.56 Å². The molecule has 3 rings (SSSR count). The molecule has 1 aromatic rings. The minimum absolute atomic E-state index is 0.398. The molecule has 98 valence electrons. The highest BCUT2D eigenvalue weighted by atomic mass is 15.2. The number of fused-ring (bicyclic) bond motifs is 2. The van der Waals surface area contributed by atoms with Gasteiger partial charge in [-0.3, -0.25) is 9.88 Å². The summed E-state index contributed by atoms with van der Waals surface area (Å²) in [5.74, 6) is 1.26. The summed E-state index contributed by atoms with van der Waals surface area (Å²) in [6, 6.07) is 4.61. The van der Waals surface area contributed by atoms with Crippen molar-refractivity contribution in [2.24, 2.45) is 17.6 Å². The first-order valence-electron chi connectivity index (χ1n) is 6.78. The molecule has 0 radical (unpaired) electrons. The van der Waals surface area contributed by atoms with Gasteiger partial charge < -0.3 is 10.6 Å². The Morgan fingerprint density at radius 1 is 1.17 bits per heavy atom. The Morgan fingerprint density at radius 2 is 1.78 bits per heavy atom. The molecule has 2 fully saturated rings. The van der Waals surface area contributed by atoms with E-state index in [2.05, 4.69) is 34.0 Å². The van der Waals surface area contributed by atoms with E-state index in [9.17, 15) is 0 Å². The summed E-state index contributed by atoms with van der Waals surface area (Å²) in [4.78, 5) is 9.06. The predicted octanol–water partition coefficient (Wildman–Crippen LogP) is 0.402. The zero-order valence-corrected chi connectivity index (χ0v) is 11.0. The first kappa shape index (κ1) is 12.1. The number of piperidine rings is 2. The van der Waals surface area contributed by atoms with Gasteiger partial charge in [0.15, 0.2) is 0 Å². The van der Waals surface area contributed by atoms with Crippen molar-refractivity contribution in [2.45, 2.75) is 12.6 Å². The lowest BCUT2D eigenvalue weighted by atomic mass is 9.80. The third-order valence-electron chi connectivity index (χ3n) is 4.32. The number of likely N-dealkylation sites (tertiary alicyclic amines) is 2. The van der Waals surface area contributed by atoms with Crippen LogP contribution in [0.15, 0.2) is 24.5 Å². The van der Waals surface area contributed by atoms with Crippen molar-refractivity contribution >= 4 is 0 Å². The monoisotopic (exact) mass is 246 g/mol. The van der Waals surface area contributed by atoms with Crippen LogP contribution in [0.5, 0.6) is 0 Å². The van der Waals surface area contributed by atoms with E-state index in [-0.39, 0.29) is 0 Å². The Morgan fingerprint density at radius 3 is 2.39 bits per heavy atom. The van der Waals surface area contributed by atoms with Crippen LogP contribution in [0.3, 0.4) is 0 Å². The molecule has 2 aliphatic rings. The maximum Gasteiger partial charge on any atom is 0.0271 e. The molecule has 1 aromatic heterocycles. The Hall–Kier alpha value is -0.970. The van der Waals surface area contributed by atoms with Crippen molar-refractivity contribution in [3.8, 4) is 0 Å². The van der Waals surface area contributed by atoms with Gasteiger partial charge in [0.2, 0.25) is 0 Å². The molecule has 3 heterocycles. The van der Waals surface area contributed by atoms with Gasteiger partial charge in [0.25, 0.3) is 0 Å². The minimum Gasteiger partial charge on any atom is -0.327 e. The predicted molar refractivity (Wildman–Crippen MR) is 72.0 cm³/mol. The average molecular weight is 246 g/mol. The number of hydrogen-bond donors (Lipinski definition) is 1. The van der Waals surface area contributed by atoms with E-state index >= 15 is 0 Å². The fourth-order valence-electron chi connectivity index (χ4n) is 3.48. The van der Waals surface area contributed by atoms with Gasteiger partial charge in [-0.25, -0.2) is 0 Å². The van der Waals surface area contributed by atoms with Crippen molar-refractivity contribution in [3.63, 3.8) is 0 Å². The van der Waals surface area contributed by atoms with Crippen LogP contribution in [-0.4, -0.2) is 54.1 Å². The van der Waals surface area contributed by atoms with Gasteiger partial charge in [-0.2, -0.15) is 0 Å². The molecule has 2 bridgehead atoms. The van der Waals surface area contributed by atoms with Crippen LogP contribution in [0.4, 0.5) is 0 Å². The van der Waals surface area contributed by atoms with Crippen LogP contribution >= 0.6 is 0 Å². The Balaban J connectivity index is 1.67. The summed E-state index contributed by atoms with van der Waals surface area (Å²) in [5, 5.41) is 0. The first-order chi connectivity index (χ1) is 8.72. The van der Waals surface area contributed by atoms with E-state index in [0.717, 1.165) is 32.7 Å². The first-order valence-corrected chi connectivity index (χ1v) is 6.78. The molecule has 4 nitrogen and oxygen atoms in total. The Labute approximate surface area is 109 Å². The number of pyridine rings is 1. The van der Waals surface area contributed by atoms with E-state index in [1.54, 1.807) is 0 Å². The van der Waals surface area contributed by atoms with Gasteiger partial charge in [-0.05, 0) is 36.6 Å². The quantitative estimate of drug-likeness (QED) is 0.820. The molecular formula is C14H22N4. The summed E-state index contributed by atoms with van der Waals surface area (Å²) in [6.45, 7) is 5.58. The van der Waals surface area contributed by atoms with Gasteiger partial charge >= 0.3 is 0 Å². The highest BCUT2D eigenvalue weighted by Gasteiger charge is 2.38. The second-order valence-corrected chi connectivity index (χ2v) is 5.87. The standard InChI is InChI=1S/C14H22N4/c1-17-7-12-9-18(10-13(8-17)14(12)15)6-11-2-4-16-5-3-11/h2-5,12-14H,6-10,15H2,1H3. The molecular weight excluding hydrogens is 224 g/mol. The Kier molecular flexibility index (Phi) is 3.33. The SMILES string of the molecule is CN1CC2CN(Cc3ccncc3)CC(C1)C2N. The molecule has 2 aliphatic heterocycles. The van der Waals surface area contributed by atoms with Crippen molar-refractivity contribution < 1.29 is 0 Å². The van der Waals surface area contributed by atoms with Crippen LogP contribution in [0.25, 0.3) is 0 Å². The van der Waals surface area contributed by atoms with Crippen LogP contribution in [0, 0.1) is 11.8 Å². The van der Waals surface area contributed by atoms with Gasteiger partial charge in [-0.15, -0.1) is 0 Å². The lowest BCUT2D eigenvalue weighted by Gasteiger charge is -2.48. The van der Waals surface area contributed by atoms with Gasteiger partial charge in [-0.1, -0.05) is 0 Å². The van der Waals surface area contributed by atoms with Gasteiger partial charge in [0.1, 0.15) is 0 Å². The highest BCUT2D eigenvalue weighted by Crippen LogP contribution is 2.27. The number of rotatable bonds is 2. The average Bonchev–Trinajstić information content (AvgIpc) is 2.33. The normalized spacial score (nSPS) is 33.6. The van der Waals surface area contributed by atoms with Crippen LogP contribution < -0.4 is 5.73 Å². The van der Waals surface area contributed by atoms with Crippen molar-refractivity contribution in [3.05, 3.63) is 30.1 Å². The zero-order valence-electron chi connectivity index (χ0n) is 11.0. The zero-order chi connectivity index (χ0) is 12.5. The molecule has 2 atom stereocenters. The molecule has 2 N–H and O–H groups in total. The van der Waals surface area contributed by atoms with Gasteiger partial charge in [0.05, 0.1) is 0 Å². The molecule has 0 aliphatic carbocycles. The molecule has 2 saturated heterocycles. The van der Waals surface area contributed by atoms with E-state index in [0.29, 0.717) is 17.9 Å². The fraction of sp³-hybridized carbons (Fsp3) is 0.643. The Bertz CT molecular complexity index is 378. The van der Waals surface area contributed by atoms with Crippen molar-refractivity contribution in [2.75, 3.05) is 33.2 Å². The van der Waals surface area contributed by atoms with E-state index in [1.165, 1.54) is 5.56 Å². The molecule has 0 saturated carbocycles. The third-order valence-corrected chi connectivity index (χ3v) is 4.32. The minimum atomic E-state index is 0.398. The maximum atomic E-state index is 6.34. The lowest BCUT2D eigenvalue weighted by molar-refractivity contribution is 0.0202. The van der Waals surface area contributed by atoms with E-state index < -0.39 is 0 Å². The van der Waals surface area contributed by atoms with Crippen LogP contribution in [-0.2, 0) is 6.54 Å². The fourth-order valence-corrected chi connectivity index (χ4v) is 3.48.